The molecule has 0 heterocycles. The molecule has 144 valence electrons. The maximum Gasteiger partial charge on any atom is 0.312 e. The third-order valence-corrected chi connectivity index (χ3v) is 5.20. The van der Waals surface area contributed by atoms with Crippen LogP contribution in [0.3, 0.4) is 0 Å². The van der Waals surface area contributed by atoms with Gasteiger partial charge in [0.05, 0.1) is 0 Å². The van der Waals surface area contributed by atoms with Crippen LogP contribution in [-0.2, 0) is 0 Å². The van der Waals surface area contributed by atoms with Gasteiger partial charge in [-0.05, 0) is 30.1 Å². The SMILES string of the molecule is CC(C)CCCC(C)CCCC(C)CCCC(C)CCNC(N)=O. The van der Waals surface area contributed by atoms with Gasteiger partial charge < -0.3 is 11.1 Å². The summed E-state index contributed by atoms with van der Waals surface area (Å²) in [6.45, 7) is 12.4. The van der Waals surface area contributed by atoms with Crippen molar-refractivity contribution in [3.63, 3.8) is 0 Å². The van der Waals surface area contributed by atoms with E-state index in [0.29, 0.717) is 12.5 Å². The Hall–Kier alpha value is -0.730. The molecule has 0 radical (unpaired) electrons. The van der Waals surface area contributed by atoms with E-state index in [1.165, 1.54) is 57.8 Å². The van der Waals surface area contributed by atoms with Gasteiger partial charge in [-0.1, -0.05) is 92.4 Å². The van der Waals surface area contributed by atoms with E-state index >= 15 is 0 Å². The molecule has 2 amide bonds. The van der Waals surface area contributed by atoms with Crippen LogP contribution < -0.4 is 11.1 Å². The number of nitrogens with two attached hydrogens (primary N) is 1. The third-order valence-electron chi connectivity index (χ3n) is 5.20. The maximum atomic E-state index is 10.6. The van der Waals surface area contributed by atoms with E-state index in [1.54, 1.807) is 0 Å². The van der Waals surface area contributed by atoms with Crippen LogP contribution in [-0.4, -0.2) is 12.6 Å². The van der Waals surface area contributed by atoms with Crippen LogP contribution >= 0.6 is 0 Å². The zero-order chi connectivity index (χ0) is 18.4. The Morgan fingerprint density at radius 2 is 1.08 bits per heavy atom. The maximum absolute atomic E-state index is 10.6. The highest BCUT2D eigenvalue weighted by molar-refractivity contribution is 5.71. The lowest BCUT2D eigenvalue weighted by molar-refractivity contribution is 0.248. The molecule has 0 aromatic carbocycles. The fourth-order valence-electron chi connectivity index (χ4n) is 3.38. The molecule has 0 saturated carbocycles. The summed E-state index contributed by atoms with van der Waals surface area (Å²) in [5, 5.41) is 2.67. The third kappa shape index (κ3) is 16.1. The lowest BCUT2D eigenvalue weighted by atomic mass is 9.91. The molecule has 3 N–H and O–H groups in total. The molecule has 0 aliphatic carbocycles. The van der Waals surface area contributed by atoms with E-state index in [-0.39, 0.29) is 0 Å². The molecule has 0 fully saturated rings. The first-order valence-corrected chi connectivity index (χ1v) is 10.3. The molecular weight excluding hydrogens is 296 g/mol. The van der Waals surface area contributed by atoms with Gasteiger partial charge in [0.25, 0.3) is 0 Å². The largest absolute Gasteiger partial charge is 0.352 e. The molecule has 0 saturated heterocycles. The van der Waals surface area contributed by atoms with Gasteiger partial charge in [0.1, 0.15) is 0 Å². The van der Waals surface area contributed by atoms with Crippen molar-refractivity contribution in [2.45, 2.75) is 98.8 Å². The Bertz CT molecular complexity index is 304. The first-order chi connectivity index (χ1) is 11.3. The Labute approximate surface area is 151 Å². The molecule has 0 aliphatic heterocycles. The van der Waals surface area contributed by atoms with Gasteiger partial charge in [0.15, 0.2) is 0 Å². The highest BCUT2D eigenvalue weighted by Gasteiger charge is 2.08. The monoisotopic (exact) mass is 340 g/mol. The summed E-state index contributed by atoms with van der Waals surface area (Å²) in [5.74, 6) is 3.27. The number of hydrogen-bond donors (Lipinski definition) is 2. The molecule has 0 aromatic heterocycles. The zero-order valence-electron chi connectivity index (χ0n) is 17.1. The lowest BCUT2D eigenvalue weighted by Gasteiger charge is -2.16. The molecule has 0 bridgehead atoms. The van der Waals surface area contributed by atoms with Crippen LogP contribution in [0.1, 0.15) is 98.8 Å². The minimum Gasteiger partial charge on any atom is -0.352 e. The minimum absolute atomic E-state index is 0.408. The molecule has 24 heavy (non-hydrogen) atoms. The van der Waals surface area contributed by atoms with E-state index in [4.69, 9.17) is 5.73 Å². The van der Waals surface area contributed by atoms with Gasteiger partial charge in [-0.15, -0.1) is 0 Å². The van der Waals surface area contributed by atoms with Crippen LogP contribution in [0.5, 0.6) is 0 Å². The standard InChI is InChI=1S/C21H44N2O/c1-17(2)9-6-10-18(3)11-7-12-19(4)13-8-14-20(5)15-16-23-21(22)24/h17-20H,6-16H2,1-5H3,(H3,22,23,24). The molecule has 0 rings (SSSR count). The normalized spacial score (nSPS) is 15.2. The number of carbonyl (C=O) groups is 1. The lowest BCUT2D eigenvalue weighted by Crippen LogP contribution is -2.30. The number of urea groups is 1. The molecule has 0 spiro atoms. The Morgan fingerprint density at radius 3 is 1.46 bits per heavy atom. The second-order valence-corrected chi connectivity index (χ2v) is 8.58. The van der Waals surface area contributed by atoms with Gasteiger partial charge in [0, 0.05) is 6.54 Å². The van der Waals surface area contributed by atoms with Crippen molar-refractivity contribution in [3.8, 4) is 0 Å². The van der Waals surface area contributed by atoms with Crippen molar-refractivity contribution in [1.29, 1.82) is 0 Å². The average Bonchev–Trinajstić information content (AvgIpc) is 2.46. The second-order valence-electron chi connectivity index (χ2n) is 8.58. The van der Waals surface area contributed by atoms with Gasteiger partial charge in [-0.2, -0.15) is 0 Å². The molecule has 3 nitrogen and oxygen atoms in total. The van der Waals surface area contributed by atoms with Crippen molar-refractivity contribution in [2.75, 3.05) is 6.54 Å². The molecule has 0 aromatic rings. The van der Waals surface area contributed by atoms with Crippen LogP contribution in [0.4, 0.5) is 4.79 Å². The summed E-state index contributed by atoms with van der Waals surface area (Å²) < 4.78 is 0. The number of nitrogens with one attached hydrogen (secondary N) is 1. The van der Waals surface area contributed by atoms with Crippen molar-refractivity contribution in [3.05, 3.63) is 0 Å². The zero-order valence-corrected chi connectivity index (χ0v) is 17.1. The number of hydrogen-bond acceptors (Lipinski definition) is 1. The first kappa shape index (κ1) is 23.3. The summed E-state index contributed by atoms with van der Waals surface area (Å²) in [4.78, 5) is 10.6. The topological polar surface area (TPSA) is 55.1 Å². The summed E-state index contributed by atoms with van der Waals surface area (Å²) in [6.07, 6.45) is 13.3. The number of rotatable bonds is 15. The van der Waals surface area contributed by atoms with Crippen molar-refractivity contribution >= 4 is 6.03 Å². The summed E-state index contributed by atoms with van der Waals surface area (Å²) in [7, 11) is 0. The highest BCUT2D eigenvalue weighted by Crippen LogP contribution is 2.22. The van der Waals surface area contributed by atoms with Crippen LogP contribution in [0, 0.1) is 23.7 Å². The van der Waals surface area contributed by atoms with Crippen LogP contribution in [0.25, 0.3) is 0 Å². The number of carbonyl (C=O) groups excluding carboxylic acids is 1. The fraction of sp³-hybridized carbons (Fsp3) is 0.952. The quantitative estimate of drug-likeness (QED) is 0.371. The van der Waals surface area contributed by atoms with E-state index in [0.717, 1.165) is 24.2 Å². The summed E-state index contributed by atoms with van der Waals surface area (Å²) in [6, 6.07) is -0.408. The Kier molecular flexibility index (Phi) is 14.2. The van der Waals surface area contributed by atoms with E-state index < -0.39 is 6.03 Å². The van der Waals surface area contributed by atoms with Gasteiger partial charge >= 0.3 is 6.03 Å². The van der Waals surface area contributed by atoms with Crippen LogP contribution in [0.2, 0.25) is 0 Å². The molecule has 0 aliphatic rings. The second kappa shape index (κ2) is 14.6. The average molecular weight is 341 g/mol. The predicted octanol–water partition coefficient (Wildman–Crippen LogP) is 6.12. The van der Waals surface area contributed by atoms with Gasteiger partial charge in [-0.25, -0.2) is 4.79 Å². The van der Waals surface area contributed by atoms with Crippen LogP contribution in [0.15, 0.2) is 0 Å². The molecule has 3 atom stereocenters. The van der Waals surface area contributed by atoms with E-state index in [1.807, 2.05) is 0 Å². The first-order valence-electron chi connectivity index (χ1n) is 10.3. The minimum atomic E-state index is -0.408. The molecule has 3 unspecified atom stereocenters. The summed E-state index contributed by atoms with van der Waals surface area (Å²) in [5.41, 5.74) is 5.08. The van der Waals surface area contributed by atoms with E-state index in [9.17, 15) is 4.79 Å². The highest BCUT2D eigenvalue weighted by atomic mass is 16.2. The number of primary amides is 1. The van der Waals surface area contributed by atoms with Crippen molar-refractivity contribution < 1.29 is 4.79 Å². The molecule has 3 heteroatoms. The predicted molar refractivity (Wildman–Crippen MR) is 106 cm³/mol. The van der Waals surface area contributed by atoms with Crippen molar-refractivity contribution in [1.82, 2.24) is 5.32 Å². The van der Waals surface area contributed by atoms with E-state index in [2.05, 4.69) is 39.9 Å². The Balaban J connectivity index is 3.51. The summed E-state index contributed by atoms with van der Waals surface area (Å²) >= 11 is 0. The van der Waals surface area contributed by atoms with Gasteiger partial charge in [0.2, 0.25) is 0 Å². The fourth-order valence-corrected chi connectivity index (χ4v) is 3.38. The smallest absolute Gasteiger partial charge is 0.312 e. The Morgan fingerprint density at radius 1 is 0.708 bits per heavy atom. The van der Waals surface area contributed by atoms with Gasteiger partial charge in [-0.3, -0.25) is 0 Å². The number of amides is 2. The molecular formula is C21H44N2O. The van der Waals surface area contributed by atoms with Crippen molar-refractivity contribution in [2.24, 2.45) is 29.4 Å².